The van der Waals surface area contributed by atoms with Gasteiger partial charge in [-0.2, -0.15) is 0 Å². The summed E-state index contributed by atoms with van der Waals surface area (Å²) >= 11 is 1.45. The van der Waals surface area contributed by atoms with Crippen LogP contribution in [0.15, 0.2) is 47.4 Å². The largest absolute Gasteiger partial charge is 0.326 e. The van der Waals surface area contributed by atoms with Crippen molar-refractivity contribution in [1.82, 2.24) is 0 Å². The van der Waals surface area contributed by atoms with Gasteiger partial charge in [0.25, 0.3) is 0 Å². The summed E-state index contributed by atoms with van der Waals surface area (Å²) in [6, 6.07) is 13.5. The van der Waals surface area contributed by atoms with Gasteiger partial charge in [-0.25, -0.2) is 0 Å². The summed E-state index contributed by atoms with van der Waals surface area (Å²) in [7, 11) is 0. The first-order valence-electron chi connectivity index (χ1n) is 8.88. The molecule has 0 atom stereocenters. The summed E-state index contributed by atoms with van der Waals surface area (Å²) in [5, 5.41) is 5.87. The molecule has 0 fully saturated rings. The summed E-state index contributed by atoms with van der Waals surface area (Å²) in [5.41, 5.74) is 3.86. The summed E-state index contributed by atoms with van der Waals surface area (Å²) in [6.07, 6.45) is 2.42. The lowest BCUT2D eigenvalue weighted by atomic mass is 10.1. The van der Waals surface area contributed by atoms with Crippen LogP contribution in [0.2, 0.25) is 0 Å². The number of nitrogens with one attached hydrogen (secondary N) is 2. The van der Waals surface area contributed by atoms with E-state index in [4.69, 9.17) is 0 Å². The second-order valence-corrected chi connectivity index (χ2v) is 7.31. The number of aryl methyl sites for hydroxylation is 1. The number of amides is 2. The maximum Gasteiger partial charge on any atom is 0.234 e. The maximum atomic E-state index is 12.2. The van der Waals surface area contributed by atoms with Gasteiger partial charge in [0.1, 0.15) is 0 Å². The number of anilines is 2. The van der Waals surface area contributed by atoms with Crippen LogP contribution in [0.3, 0.4) is 0 Å². The quantitative estimate of drug-likeness (QED) is 0.631. The predicted octanol–water partition coefficient (Wildman–Crippen LogP) is 5.16. The smallest absolute Gasteiger partial charge is 0.234 e. The number of rotatable bonds is 8. The molecule has 5 heteroatoms. The fourth-order valence-electron chi connectivity index (χ4n) is 2.45. The molecule has 138 valence electrons. The Kier molecular flexibility index (Phi) is 7.73. The van der Waals surface area contributed by atoms with Gasteiger partial charge >= 0.3 is 0 Å². The van der Waals surface area contributed by atoms with Gasteiger partial charge in [0.15, 0.2) is 0 Å². The van der Waals surface area contributed by atoms with Crippen LogP contribution in [0.5, 0.6) is 0 Å². The van der Waals surface area contributed by atoms with E-state index in [0.29, 0.717) is 12.2 Å². The molecule has 2 N–H and O–H groups in total. The van der Waals surface area contributed by atoms with Crippen molar-refractivity contribution in [3.63, 3.8) is 0 Å². The number of benzene rings is 2. The highest BCUT2D eigenvalue weighted by Crippen LogP contribution is 2.23. The topological polar surface area (TPSA) is 58.2 Å². The molecule has 0 aromatic heterocycles. The van der Waals surface area contributed by atoms with Crippen molar-refractivity contribution >= 4 is 35.0 Å². The Hall–Kier alpha value is -2.27. The first kappa shape index (κ1) is 20.0. The van der Waals surface area contributed by atoms with Crippen LogP contribution < -0.4 is 10.6 Å². The molecule has 0 radical (unpaired) electrons. The molecule has 0 saturated heterocycles. The van der Waals surface area contributed by atoms with E-state index in [-0.39, 0.29) is 11.8 Å². The number of thioether (sulfide) groups is 1. The summed E-state index contributed by atoms with van der Waals surface area (Å²) in [4.78, 5) is 25.0. The number of unbranched alkanes of at least 4 members (excludes halogenated alkanes) is 1. The van der Waals surface area contributed by atoms with Crippen molar-refractivity contribution in [3.8, 4) is 0 Å². The molecule has 4 nitrogen and oxygen atoms in total. The Morgan fingerprint density at radius 3 is 2.54 bits per heavy atom. The van der Waals surface area contributed by atoms with Crippen LogP contribution in [0, 0.1) is 13.8 Å². The van der Waals surface area contributed by atoms with Crippen LogP contribution in [-0.4, -0.2) is 17.6 Å². The fraction of sp³-hybridized carbons (Fsp3) is 0.333. The lowest BCUT2D eigenvalue weighted by Gasteiger charge is -2.10. The van der Waals surface area contributed by atoms with E-state index in [9.17, 15) is 9.59 Å². The van der Waals surface area contributed by atoms with E-state index in [2.05, 4.69) is 17.6 Å². The Morgan fingerprint density at radius 1 is 1.00 bits per heavy atom. The summed E-state index contributed by atoms with van der Waals surface area (Å²) in [6.45, 7) is 6.09. The summed E-state index contributed by atoms with van der Waals surface area (Å²) in [5.74, 6) is 0.309. The Morgan fingerprint density at radius 2 is 1.77 bits per heavy atom. The Bertz CT molecular complexity index is 774. The molecule has 0 bridgehead atoms. The standard InChI is InChI=1S/C21H26N2O2S/c1-4-5-12-20(24)22-17-9-7-10-18(13-17)26-14-21(25)23-19-11-6-8-15(2)16(19)3/h6-11,13H,4-5,12,14H2,1-3H3,(H,22,24)(H,23,25). The lowest BCUT2D eigenvalue weighted by molar-refractivity contribution is -0.116. The molecule has 2 amide bonds. The molecule has 2 rings (SSSR count). The van der Waals surface area contributed by atoms with E-state index in [0.717, 1.165) is 40.2 Å². The van der Waals surface area contributed by atoms with Gasteiger partial charge in [-0.3, -0.25) is 9.59 Å². The van der Waals surface area contributed by atoms with Crippen LogP contribution in [0.25, 0.3) is 0 Å². The maximum absolute atomic E-state index is 12.2. The van der Waals surface area contributed by atoms with Crippen molar-refractivity contribution in [2.24, 2.45) is 0 Å². The number of hydrogen-bond donors (Lipinski definition) is 2. The Labute approximate surface area is 159 Å². The second kappa shape index (κ2) is 10.0. The number of hydrogen-bond acceptors (Lipinski definition) is 3. The minimum absolute atomic E-state index is 0.0293. The van der Waals surface area contributed by atoms with Gasteiger partial charge in [-0.05, 0) is 55.7 Å². The number of carbonyl (C=O) groups excluding carboxylic acids is 2. The van der Waals surface area contributed by atoms with Crippen molar-refractivity contribution in [2.45, 2.75) is 44.9 Å². The van der Waals surface area contributed by atoms with Crippen molar-refractivity contribution in [3.05, 3.63) is 53.6 Å². The van der Waals surface area contributed by atoms with E-state index < -0.39 is 0 Å². The minimum Gasteiger partial charge on any atom is -0.326 e. The van der Waals surface area contributed by atoms with Gasteiger partial charge in [0, 0.05) is 22.7 Å². The van der Waals surface area contributed by atoms with Gasteiger partial charge in [-0.15, -0.1) is 11.8 Å². The zero-order valence-corrected chi connectivity index (χ0v) is 16.4. The third-order valence-corrected chi connectivity index (χ3v) is 5.12. The predicted molar refractivity (Wildman–Crippen MR) is 110 cm³/mol. The fourth-order valence-corrected chi connectivity index (χ4v) is 3.20. The highest BCUT2D eigenvalue weighted by molar-refractivity contribution is 8.00. The number of carbonyl (C=O) groups is 2. The molecule has 0 spiro atoms. The van der Waals surface area contributed by atoms with Crippen LogP contribution in [0.1, 0.15) is 37.3 Å². The molecular weight excluding hydrogens is 344 g/mol. The van der Waals surface area contributed by atoms with Crippen LogP contribution >= 0.6 is 11.8 Å². The highest BCUT2D eigenvalue weighted by Gasteiger charge is 2.08. The van der Waals surface area contributed by atoms with E-state index in [1.165, 1.54) is 11.8 Å². The summed E-state index contributed by atoms with van der Waals surface area (Å²) < 4.78 is 0. The molecule has 0 saturated carbocycles. The Balaban J connectivity index is 1.88. The third-order valence-electron chi connectivity index (χ3n) is 4.12. The van der Waals surface area contributed by atoms with Crippen LogP contribution in [0.4, 0.5) is 11.4 Å². The van der Waals surface area contributed by atoms with Crippen molar-refractivity contribution < 1.29 is 9.59 Å². The van der Waals surface area contributed by atoms with Gasteiger partial charge in [0.05, 0.1) is 5.75 Å². The molecule has 0 unspecified atom stereocenters. The van der Waals surface area contributed by atoms with E-state index in [1.54, 1.807) is 0 Å². The van der Waals surface area contributed by atoms with E-state index >= 15 is 0 Å². The molecule has 2 aromatic carbocycles. The molecule has 0 aliphatic carbocycles. The monoisotopic (exact) mass is 370 g/mol. The van der Waals surface area contributed by atoms with Gasteiger partial charge in [0.2, 0.25) is 11.8 Å². The molecule has 0 aliphatic heterocycles. The van der Waals surface area contributed by atoms with Crippen molar-refractivity contribution in [1.29, 1.82) is 0 Å². The zero-order valence-electron chi connectivity index (χ0n) is 15.6. The van der Waals surface area contributed by atoms with Crippen LogP contribution in [-0.2, 0) is 9.59 Å². The normalized spacial score (nSPS) is 10.4. The molecular formula is C21H26N2O2S. The minimum atomic E-state index is -0.0407. The lowest BCUT2D eigenvalue weighted by Crippen LogP contribution is -2.15. The zero-order chi connectivity index (χ0) is 18.9. The average Bonchev–Trinajstić information content (AvgIpc) is 2.62. The average molecular weight is 371 g/mol. The van der Waals surface area contributed by atoms with Crippen molar-refractivity contribution in [2.75, 3.05) is 16.4 Å². The molecule has 0 aliphatic rings. The van der Waals surface area contributed by atoms with Gasteiger partial charge < -0.3 is 10.6 Å². The third kappa shape index (κ3) is 6.23. The second-order valence-electron chi connectivity index (χ2n) is 6.26. The molecule has 0 heterocycles. The van der Waals surface area contributed by atoms with Gasteiger partial charge in [-0.1, -0.05) is 31.5 Å². The first-order valence-corrected chi connectivity index (χ1v) is 9.87. The highest BCUT2D eigenvalue weighted by atomic mass is 32.2. The first-order chi connectivity index (χ1) is 12.5. The van der Waals surface area contributed by atoms with E-state index in [1.807, 2.05) is 56.3 Å². The SMILES string of the molecule is CCCCC(=O)Nc1cccc(SCC(=O)Nc2cccc(C)c2C)c1. The molecule has 26 heavy (non-hydrogen) atoms. The molecule has 2 aromatic rings.